The fourth-order valence-electron chi connectivity index (χ4n) is 2.72. The summed E-state index contributed by atoms with van der Waals surface area (Å²) in [5, 5.41) is 6.62. The molecule has 0 spiro atoms. The van der Waals surface area contributed by atoms with Crippen molar-refractivity contribution >= 4 is 29.9 Å². The third-order valence-electron chi connectivity index (χ3n) is 4.25. The maximum Gasteiger partial charge on any atom is 0.191 e. The number of nitrogens with zero attached hydrogens (tertiary/aromatic N) is 1. The second-order valence-corrected chi connectivity index (χ2v) is 6.31. The molecule has 166 valence electrons. The molecule has 30 heavy (non-hydrogen) atoms. The number of halogens is 1. The van der Waals surface area contributed by atoms with E-state index in [-0.39, 0.29) is 24.0 Å². The third-order valence-corrected chi connectivity index (χ3v) is 4.25. The number of ether oxygens (including phenoxy) is 4. The first-order valence-corrected chi connectivity index (χ1v) is 9.56. The van der Waals surface area contributed by atoms with Gasteiger partial charge in [-0.2, -0.15) is 0 Å². The van der Waals surface area contributed by atoms with Crippen molar-refractivity contribution in [2.75, 3.05) is 41.6 Å². The van der Waals surface area contributed by atoms with E-state index in [2.05, 4.69) is 21.7 Å². The van der Waals surface area contributed by atoms with Crippen LogP contribution in [0.15, 0.2) is 47.5 Å². The summed E-state index contributed by atoms with van der Waals surface area (Å²) in [4.78, 5) is 4.28. The normalized spacial score (nSPS) is 10.7. The van der Waals surface area contributed by atoms with Gasteiger partial charge in [-0.3, -0.25) is 4.99 Å². The van der Waals surface area contributed by atoms with E-state index in [1.54, 1.807) is 28.4 Å². The molecule has 0 aliphatic rings. The van der Waals surface area contributed by atoms with Crippen LogP contribution in [0.4, 0.5) is 0 Å². The number of rotatable bonds is 11. The second kappa shape index (κ2) is 14.7. The van der Waals surface area contributed by atoms with Gasteiger partial charge >= 0.3 is 0 Å². The number of nitrogens with one attached hydrogen (secondary N) is 2. The van der Waals surface area contributed by atoms with Crippen molar-refractivity contribution in [3.8, 4) is 17.2 Å². The van der Waals surface area contributed by atoms with E-state index in [4.69, 9.17) is 18.9 Å². The van der Waals surface area contributed by atoms with Gasteiger partial charge in [0.15, 0.2) is 17.5 Å². The summed E-state index contributed by atoms with van der Waals surface area (Å²) in [5.41, 5.74) is 2.18. The van der Waals surface area contributed by atoms with Crippen LogP contribution in [0.25, 0.3) is 0 Å². The fraction of sp³-hybridized carbons (Fsp3) is 0.409. The summed E-state index contributed by atoms with van der Waals surface area (Å²) >= 11 is 0. The molecule has 0 unspecified atom stereocenters. The van der Waals surface area contributed by atoms with Crippen molar-refractivity contribution in [1.82, 2.24) is 10.6 Å². The van der Waals surface area contributed by atoms with Crippen LogP contribution in [-0.4, -0.2) is 47.6 Å². The van der Waals surface area contributed by atoms with Crippen molar-refractivity contribution in [3.05, 3.63) is 53.6 Å². The molecule has 0 atom stereocenters. The lowest BCUT2D eigenvalue weighted by Crippen LogP contribution is -2.36. The summed E-state index contributed by atoms with van der Waals surface area (Å²) in [5.74, 6) is 2.99. The van der Waals surface area contributed by atoms with Crippen molar-refractivity contribution < 1.29 is 18.9 Å². The summed E-state index contributed by atoms with van der Waals surface area (Å²) in [6.45, 7) is 2.59. The van der Waals surface area contributed by atoms with Crippen LogP contribution in [0.3, 0.4) is 0 Å². The topological polar surface area (TPSA) is 73.3 Å². The van der Waals surface area contributed by atoms with Gasteiger partial charge < -0.3 is 29.6 Å². The van der Waals surface area contributed by atoms with Crippen LogP contribution in [0.2, 0.25) is 0 Å². The van der Waals surface area contributed by atoms with Gasteiger partial charge in [-0.05, 0) is 35.4 Å². The lowest BCUT2D eigenvalue weighted by molar-refractivity contribution is 0.172. The molecule has 0 aliphatic heterocycles. The standard InChI is InChI=1S/C22H31N3O4.HI/c1-23-22(25-16-18-9-10-20(27-3)21(14-18)28-4)24-15-17-7-5-8-19(13-17)29-12-6-11-26-2;/h5,7-10,13-14H,6,11-12,15-16H2,1-4H3,(H2,23,24,25);1H. The molecule has 0 heterocycles. The molecule has 8 heteroatoms. The highest BCUT2D eigenvalue weighted by Crippen LogP contribution is 2.27. The van der Waals surface area contributed by atoms with Crippen LogP contribution in [0, 0.1) is 0 Å². The Bertz CT molecular complexity index is 787. The minimum atomic E-state index is 0. The van der Waals surface area contributed by atoms with E-state index in [0.29, 0.717) is 43.8 Å². The molecular weight excluding hydrogens is 497 g/mol. The monoisotopic (exact) mass is 529 g/mol. The SMILES string of the molecule is CN=C(NCc1cccc(OCCCOC)c1)NCc1ccc(OC)c(OC)c1.I. The summed E-state index contributed by atoms with van der Waals surface area (Å²) in [6, 6.07) is 13.9. The zero-order valence-corrected chi connectivity index (χ0v) is 20.4. The maximum atomic E-state index is 5.75. The third kappa shape index (κ3) is 8.66. The molecule has 0 saturated heterocycles. The Kier molecular flexibility index (Phi) is 12.7. The van der Waals surface area contributed by atoms with Gasteiger partial charge in [0.25, 0.3) is 0 Å². The van der Waals surface area contributed by atoms with Crippen LogP contribution in [0.5, 0.6) is 17.2 Å². The van der Waals surface area contributed by atoms with E-state index in [9.17, 15) is 0 Å². The fourth-order valence-corrected chi connectivity index (χ4v) is 2.72. The van der Waals surface area contributed by atoms with Gasteiger partial charge in [0.2, 0.25) is 0 Å². The van der Waals surface area contributed by atoms with E-state index in [0.717, 1.165) is 23.3 Å². The molecule has 0 radical (unpaired) electrons. The van der Waals surface area contributed by atoms with Crippen molar-refractivity contribution in [2.45, 2.75) is 19.5 Å². The molecule has 0 fully saturated rings. The lowest BCUT2D eigenvalue weighted by Gasteiger charge is -2.14. The number of aliphatic imine (C=N–C) groups is 1. The Morgan fingerprint density at radius 1 is 0.867 bits per heavy atom. The summed E-state index contributed by atoms with van der Waals surface area (Å²) in [7, 11) is 6.70. The predicted molar refractivity (Wildman–Crippen MR) is 130 cm³/mol. The smallest absolute Gasteiger partial charge is 0.191 e. The van der Waals surface area contributed by atoms with Gasteiger partial charge in [0.1, 0.15) is 5.75 Å². The predicted octanol–water partition coefficient (Wildman–Crippen LogP) is 3.60. The molecule has 0 saturated carbocycles. The molecule has 2 N–H and O–H groups in total. The highest BCUT2D eigenvalue weighted by molar-refractivity contribution is 14.0. The number of benzene rings is 2. The number of hydrogen-bond donors (Lipinski definition) is 2. The Hall–Kier alpha value is -2.20. The minimum Gasteiger partial charge on any atom is -0.493 e. The van der Waals surface area contributed by atoms with Crippen LogP contribution in [-0.2, 0) is 17.8 Å². The van der Waals surface area contributed by atoms with E-state index >= 15 is 0 Å². The largest absolute Gasteiger partial charge is 0.493 e. The average molecular weight is 529 g/mol. The molecule has 0 aromatic heterocycles. The first-order valence-electron chi connectivity index (χ1n) is 9.56. The Balaban J connectivity index is 0.00000450. The van der Waals surface area contributed by atoms with Gasteiger partial charge in [0.05, 0.1) is 20.8 Å². The average Bonchev–Trinajstić information content (AvgIpc) is 2.77. The minimum absolute atomic E-state index is 0. The quantitative estimate of drug-likeness (QED) is 0.201. The zero-order valence-electron chi connectivity index (χ0n) is 18.1. The van der Waals surface area contributed by atoms with E-state index < -0.39 is 0 Å². The second-order valence-electron chi connectivity index (χ2n) is 6.31. The first-order chi connectivity index (χ1) is 14.2. The van der Waals surface area contributed by atoms with Crippen molar-refractivity contribution in [2.24, 2.45) is 4.99 Å². The Morgan fingerprint density at radius 2 is 1.57 bits per heavy atom. The molecule has 0 bridgehead atoms. The van der Waals surface area contributed by atoms with Gasteiger partial charge in [-0.25, -0.2) is 0 Å². The Morgan fingerprint density at radius 3 is 2.20 bits per heavy atom. The van der Waals surface area contributed by atoms with Gasteiger partial charge in [-0.1, -0.05) is 18.2 Å². The summed E-state index contributed by atoms with van der Waals surface area (Å²) < 4.78 is 21.4. The highest BCUT2D eigenvalue weighted by Gasteiger charge is 2.06. The van der Waals surface area contributed by atoms with E-state index in [1.807, 2.05) is 36.4 Å². The lowest BCUT2D eigenvalue weighted by atomic mass is 10.2. The van der Waals surface area contributed by atoms with E-state index in [1.165, 1.54) is 0 Å². The molecule has 2 rings (SSSR count). The molecule has 0 amide bonds. The van der Waals surface area contributed by atoms with Gasteiger partial charge in [0, 0.05) is 40.3 Å². The van der Waals surface area contributed by atoms with Crippen LogP contribution >= 0.6 is 24.0 Å². The maximum absolute atomic E-state index is 5.75. The van der Waals surface area contributed by atoms with Crippen molar-refractivity contribution in [3.63, 3.8) is 0 Å². The number of methoxy groups -OCH3 is 3. The molecule has 2 aromatic carbocycles. The number of guanidine groups is 1. The summed E-state index contributed by atoms with van der Waals surface area (Å²) in [6.07, 6.45) is 0.867. The molecule has 7 nitrogen and oxygen atoms in total. The van der Waals surface area contributed by atoms with Crippen molar-refractivity contribution in [1.29, 1.82) is 0 Å². The Labute approximate surface area is 196 Å². The van der Waals surface area contributed by atoms with Gasteiger partial charge in [-0.15, -0.1) is 24.0 Å². The molecular formula is C22H32IN3O4. The molecule has 0 aliphatic carbocycles. The van der Waals surface area contributed by atoms with Crippen LogP contribution < -0.4 is 24.8 Å². The first kappa shape index (κ1) is 25.8. The number of hydrogen-bond acceptors (Lipinski definition) is 5. The highest BCUT2D eigenvalue weighted by atomic mass is 127. The molecule has 2 aromatic rings. The van der Waals surface area contributed by atoms with Crippen LogP contribution in [0.1, 0.15) is 17.5 Å². The zero-order chi connectivity index (χ0) is 20.9.